The van der Waals surface area contributed by atoms with Crippen LogP contribution in [0.25, 0.3) is 10.9 Å². The number of benzene rings is 2. The van der Waals surface area contributed by atoms with Gasteiger partial charge in [0.2, 0.25) is 0 Å². The maximum Gasteiger partial charge on any atom is 0.273 e. The van der Waals surface area contributed by atoms with Crippen LogP contribution in [0.2, 0.25) is 0 Å². The van der Waals surface area contributed by atoms with Gasteiger partial charge in [0.15, 0.2) is 11.5 Å². The molecule has 1 N–H and O–H groups in total. The molecule has 0 aliphatic heterocycles. The van der Waals surface area contributed by atoms with Gasteiger partial charge in [0.25, 0.3) is 5.91 Å². The lowest BCUT2D eigenvalue weighted by atomic mass is 9.94. The number of nitrogens with one attached hydrogen (secondary N) is 1. The van der Waals surface area contributed by atoms with Gasteiger partial charge < -0.3 is 5.32 Å². The molecule has 1 aromatic heterocycles. The molecule has 1 aliphatic carbocycles. The molecule has 2 aromatic carbocycles. The van der Waals surface area contributed by atoms with Crippen molar-refractivity contribution in [1.82, 2.24) is 10.3 Å². The third kappa shape index (κ3) is 4.16. The Bertz CT molecular complexity index is 967. The summed E-state index contributed by atoms with van der Waals surface area (Å²) in [5.74, 6) is -1.02. The average molecular weight is 362 g/mol. The first-order valence-corrected chi connectivity index (χ1v) is 9.43. The fourth-order valence-corrected chi connectivity index (χ4v) is 3.59. The van der Waals surface area contributed by atoms with E-state index < -0.39 is 11.7 Å². The van der Waals surface area contributed by atoms with Crippen molar-refractivity contribution in [3.05, 3.63) is 77.7 Å². The van der Waals surface area contributed by atoms with Crippen LogP contribution in [0, 0.1) is 11.2 Å². The Morgan fingerprint density at radius 3 is 2.59 bits per heavy atom. The number of aromatic nitrogens is 1. The maximum atomic E-state index is 14.5. The van der Waals surface area contributed by atoms with Crippen molar-refractivity contribution in [3.8, 4) is 0 Å². The Morgan fingerprint density at radius 1 is 1.15 bits per heavy atom. The fraction of sp³-hybridized carbons (Fsp3) is 0.304. The highest BCUT2D eigenvalue weighted by Gasteiger charge is 2.39. The zero-order valence-corrected chi connectivity index (χ0v) is 15.4. The number of fused-ring (bicyclic) bond motifs is 1. The Hall–Kier alpha value is -2.75. The van der Waals surface area contributed by atoms with Crippen molar-refractivity contribution in [2.45, 2.75) is 38.6 Å². The number of para-hydroxylation sites is 1. The van der Waals surface area contributed by atoms with Gasteiger partial charge in [-0.1, -0.05) is 55.5 Å². The van der Waals surface area contributed by atoms with Crippen LogP contribution in [0.5, 0.6) is 0 Å². The lowest BCUT2D eigenvalue weighted by Gasteiger charge is -2.22. The highest BCUT2D eigenvalue weighted by atomic mass is 19.1. The standard InChI is InChI=1S/C23H23FN2O/c1-23(11-12-23)15-18(13-16-7-3-2-4-8-16)25-22(27)21-19(24)14-17-9-5-6-10-20(17)26-21/h2-10,14,18H,11-13,15H2,1H3,(H,25,27). The number of rotatable bonds is 6. The van der Waals surface area contributed by atoms with Crippen molar-refractivity contribution >= 4 is 16.8 Å². The molecule has 0 saturated heterocycles. The molecule has 1 unspecified atom stereocenters. The number of hydrogen-bond acceptors (Lipinski definition) is 2. The van der Waals surface area contributed by atoms with Gasteiger partial charge in [-0.25, -0.2) is 9.37 Å². The molecule has 138 valence electrons. The predicted molar refractivity (Wildman–Crippen MR) is 105 cm³/mol. The monoisotopic (exact) mass is 362 g/mol. The number of pyridine rings is 1. The minimum Gasteiger partial charge on any atom is -0.348 e. The summed E-state index contributed by atoms with van der Waals surface area (Å²) in [5, 5.41) is 3.73. The molecule has 0 spiro atoms. The highest BCUT2D eigenvalue weighted by Crippen LogP contribution is 2.49. The molecule has 1 aliphatic rings. The number of halogens is 1. The first-order valence-electron chi connectivity index (χ1n) is 9.43. The van der Waals surface area contributed by atoms with E-state index in [1.165, 1.54) is 24.5 Å². The van der Waals surface area contributed by atoms with Gasteiger partial charge in [-0.3, -0.25) is 4.79 Å². The molecule has 1 heterocycles. The third-order valence-corrected chi connectivity index (χ3v) is 5.40. The van der Waals surface area contributed by atoms with E-state index in [1.807, 2.05) is 30.3 Å². The quantitative estimate of drug-likeness (QED) is 0.677. The molecule has 4 heteroatoms. The first kappa shape index (κ1) is 17.7. The Balaban J connectivity index is 1.56. The topological polar surface area (TPSA) is 42.0 Å². The zero-order valence-electron chi connectivity index (χ0n) is 15.4. The van der Waals surface area contributed by atoms with Crippen LogP contribution in [0.15, 0.2) is 60.7 Å². The largest absolute Gasteiger partial charge is 0.348 e. The van der Waals surface area contributed by atoms with Crippen LogP contribution in [-0.2, 0) is 6.42 Å². The summed E-state index contributed by atoms with van der Waals surface area (Å²) in [6.07, 6.45) is 3.98. The lowest BCUT2D eigenvalue weighted by Crippen LogP contribution is -2.38. The maximum absolute atomic E-state index is 14.5. The summed E-state index contributed by atoms with van der Waals surface area (Å²) in [7, 11) is 0. The lowest BCUT2D eigenvalue weighted by molar-refractivity contribution is 0.0921. The second-order valence-corrected chi connectivity index (χ2v) is 7.89. The third-order valence-electron chi connectivity index (χ3n) is 5.40. The van der Waals surface area contributed by atoms with Crippen molar-refractivity contribution in [2.24, 2.45) is 5.41 Å². The smallest absolute Gasteiger partial charge is 0.273 e. The van der Waals surface area contributed by atoms with Gasteiger partial charge in [-0.2, -0.15) is 0 Å². The molecule has 0 radical (unpaired) electrons. The summed E-state index contributed by atoms with van der Waals surface area (Å²) in [6.45, 7) is 2.24. The van der Waals surface area contributed by atoms with Crippen LogP contribution in [0.4, 0.5) is 4.39 Å². The second kappa shape index (κ2) is 7.10. The summed E-state index contributed by atoms with van der Waals surface area (Å²) >= 11 is 0. The average Bonchev–Trinajstić information content (AvgIpc) is 3.38. The normalized spacial score (nSPS) is 16.1. The molecule has 1 atom stereocenters. The second-order valence-electron chi connectivity index (χ2n) is 7.89. The van der Waals surface area contributed by atoms with Crippen LogP contribution in [0.3, 0.4) is 0 Å². The first-order chi connectivity index (χ1) is 13.0. The van der Waals surface area contributed by atoms with E-state index in [0.29, 0.717) is 10.9 Å². The SMILES string of the molecule is CC1(CC(Cc2ccccc2)NC(=O)c2nc3ccccc3cc2F)CC1. The van der Waals surface area contributed by atoms with E-state index in [0.717, 1.165) is 12.8 Å². The zero-order chi connectivity index (χ0) is 18.9. The molecule has 27 heavy (non-hydrogen) atoms. The van der Waals surface area contributed by atoms with Crippen LogP contribution in [-0.4, -0.2) is 16.9 Å². The fourth-order valence-electron chi connectivity index (χ4n) is 3.59. The van der Waals surface area contributed by atoms with Gasteiger partial charge in [-0.05, 0) is 48.8 Å². The molecule has 1 fully saturated rings. The van der Waals surface area contributed by atoms with Gasteiger partial charge in [0.05, 0.1) is 5.52 Å². The minimum atomic E-state index is -0.581. The molecular weight excluding hydrogens is 339 g/mol. The number of nitrogens with zero attached hydrogens (tertiary/aromatic N) is 1. The number of amides is 1. The van der Waals surface area contributed by atoms with Crippen molar-refractivity contribution < 1.29 is 9.18 Å². The summed E-state index contributed by atoms with van der Waals surface area (Å²) in [6, 6.07) is 18.7. The van der Waals surface area contributed by atoms with E-state index in [-0.39, 0.29) is 17.2 Å². The van der Waals surface area contributed by atoms with Gasteiger partial charge >= 0.3 is 0 Å². The van der Waals surface area contributed by atoms with Crippen LogP contribution >= 0.6 is 0 Å². The van der Waals surface area contributed by atoms with Crippen molar-refractivity contribution in [1.29, 1.82) is 0 Å². The van der Waals surface area contributed by atoms with E-state index in [1.54, 1.807) is 12.1 Å². The van der Waals surface area contributed by atoms with Gasteiger partial charge in [0.1, 0.15) is 0 Å². The molecular formula is C23H23FN2O. The molecule has 1 amide bonds. The molecule has 3 nitrogen and oxygen atoms in total. The number of carbonyl (C=O) groups is 1. The molecule has 1 saturated carbocycles. The van der Waals surface area contributed by atoms with Gasteiger partial charge in [-0.15, -0.1) is 0 Å². The Morgan fingerprint density at radius 2 is 1.85 bits per heavy atom. The predicted octanol–water partition coefficient (Wildman–Crippen LogP) is 4.91. The van der Waals surface area contributed by atoms with E-state index in [9.17, 15) is 9.18 Å². The van der Waals surface area contributed by atoms with Crippen molar-refractivity contribution in [2.75, 3.05) is 0 Å². The van der Waals surface area contributed by atoms with E-state index in [2.05, 4.69) is 29.4 Å². The summed E-state index contributed by atoms with van der Waals surface area (Å²) in [4.78, 5) is 17.1. The Labute approximate surface area is 158 Å². The molecule has 3 aromatic rings. The molecule has 4 rings (SSSR count). The Kier molecular flexibility index (Phi) is 4.65. The minimum absolute atomic E-state index is 0.0416. The summed E-state index contributed by atoms with van der Waals surface area (Å²) in [5.41, 5.74) is 1.94. The van der Waals surface area contributed by atoms with Crippen molar-refractivity contribution in [3.63, 3.8) is 0 Å². The number of hydrogen-bond donors (Lipinski definition) is 1. The molecule has 0 bridgehead atoms. The van der Waals surface area contributed by atoms with E-state index in [4.69, 9.17) is 0 Å². The number of carbonyl (C=O) groups excluding carboxylic acids is 1. The van der Waals surface area contributed by atoms with Crippen LogP contribution in [0.1, 0.15) is 42.2 Å². The van der Waals surface area contributed by atoms with Crippen LogP contribution < -0.4 is 5.32 Å². The van der Waals surface area contributed by atoms with E-state index >= 15 is 0 Å². The van der Waals surface area contributed by atoms with Gasteiger partial charge in [0, 0.05) is 11.4 Å². The summed E-state index contributed by atoms with van der Waals surface area (Å²) < 4.78 is 14.5. The highest BCUT2D eigenvalue weighted by molar-refractivity contribution is 5.95.